The van der Waals surface area contributed by atoms with Gasteiger partial charge in [-0.05, 0) is 25.9 Å². The van der Waals surface area contributed by atoms with Crippen LogP contribution in [-0.4, -0.2) is 58.3 Å². The Balaban J connectivity index is 1.65. The molecule has 1 aliphatic rings. The van der Waals surface area contributed by atoms with Crippen LogP contribution >= 0.6 is 0 Å². The summed E-state index contributed by atoms with van der Waals surface area (Å²) < 4.78 is 0. The molecule has 2 aromatic heterocycles. The van der Waals surface area contributed by atoms with Crippen LogP contribution in [0, 0.1) is 0 Å². The number of piperidine rings is 1. The van der Waals surface area contributed by atoms with E-state index in [1.54, 1.807) is 6.20 Å². The van der Waals surface area contributed by atoms with E-state index in [1.807, 2.05) is 7.05 Å². The SMILES string of the molecule is CNc1nc(NCCN2CCCCC2)c2cn[nH]c2n1. The molecule has 0 aromatic carbocycles. The van der Waals surface area contributed by atoms with E-state index in [1.165, 1.54) is 32.4 Å². The van der Waals surface area contributed by atoms with E-state index >= 15 is 0 Å². The van der Waals surface area contributed by atoms with E-state index in [4.69, 9.17) is 0 Å². The fourth-order valence-electron chi connectivity index (χ4n) is 2.60. The predicted octanol–water partition coefficient (Wildman–Crippen LogP) is 1.29. The lowest BCUT2D eigenvalue weighted by Crippen LogP contribution is -2.33. The van der Waals surface area contributed by atoms with Crippen LogP contribution in [0.5, 0.6) is 0 Å². The Bertz CT molecular complexity index is 559. The summed E-state index contributed by atoms with van der Waals surface area (Å²) in [6.07, 6.45) is 5.78. The first kappa shape index (κ1) is 13.1. The van der Waals surface area contributed by atoms with E-state index in [0.717, 1.165) is 29.9 Å². The maximum atomic E-state index is 4.46. The molecular formula is C13H21N7. The third kappa shape index (κ3) is 2.82. The average Bonchev–Trinajstić information content (AvgIpc) is 2.96. The molecule has 0 amide bonds. The van der Waals surface area contributed by atoms with Crippen molar-refractivity contribution < 1.29 is 0 Å². The van der Waals surface area contributed by atoms with Gasteiger partial charge >= 0.3 is 0 Å². The van der Waals surface area contributed by atoms with Crippen molar-refractivity contribution in [2.24, 2.45) is 0 Å². The minimum Gasteiger partial charge on any atom is -0.368 e. The van der Waals surface area contributed by atoms with Crippen molar-refractivity contribution in [2.75, 3.05) is 43.9 Å². The Morgan fingerprint density at radius 3 is 2.90 bits per heavy atom. The van der Waals surface area contributed by atoms with Gasteiger partial charge in [-0.1, -0.05) is 6.42 Å². The molecule has 108 valence electrons. The second kappa shape index (κ2) is 6.04. The number of anilines is 2. The van der Waals surface area contributed by atoms with Crippen molar-refractivity contribution in [3.8, 4) is 0 Å². The first-order valence-electron chi connectivity index (χ1n) is 7.22. The van der Waals surface area contributed by atoms with Crippen molar-refractivity contribution in [1.82, 2.24) is 25.1 Å². The highest BCUT2D eigenvalue weighted by molar-refractivity contribution is 5.86. The second-order valence-electron chi connectivity index (χ2n) is 5.11. The van der Waals surface area contributed by atoms with Gasteiger partial charge in [0.2, 0.25) is 5.95 Å². The van der Waals surface area contributed by atoms with Gasteiger partial charge in [0.15, 0.2) is 5.65 Å². The van der Waals surface area contributed by atoms with Crippen molar-refractivity contribution in [2.45, 2.75) is 19.3 Å². The lowest BCUT2D eigenvalue weighted by Gasteiger charge is -2.26. The molecule has 3 N–H and O–H groups in total. The van der Waals surface area contributed by atoms with E-state index in [2.05, 4.69) is 35.7 Å². The molecule has 2 aromatic rings. The van der Waals surface area contributed by atoms with Crippen LogP contribution in [0.25, 0.3) is 11.0 Å². The molecule has 0 radical (unpaired) electrons. The zero-order valence-electron chi connectivity index (χ0n) is 11.8. The number of H-pyrrole nitrogens is 1. The summed E-state index contributed by atoms with van der Waals surface area (Å²) in [4.78, 5) is 11.3. The lowest BCUT2D eigenvalue weighted by atomic mass is 10.1. The van der Waals surface area contributed by atoms with Crippen LogP contribution in [0.15, 0.2) is 6.20 Å². The van der Waals surface area contributed by atoms with Crippen molar-refractivity contribution in [3.63, 3.8) is 0 Å². The van der Waals surface area contributed by atoms with Gasteiger partial charge in [0.25, 0.3) is 0 Å². The normalized spacial score (nSPS) is 16.4. The second-order valence-corrected chi connectivity index (χ2v) is 5.11. The predicted molar refractivity (Wildman–Crippen MR) is 80.0 cm³/mol. The Kier molecular flexibility index (Phi) is 3.96. The summed E-state index contributed by atoms with van der Waals surface area (Å²) in [6.45, 7) is 4.38. The van der Waals surface area contributed by atoms with Gasteiger partial charge < -0.3 is 15.5 Å². The maximum Gasteiger partial charge on any atom is 0.226 e. The van der Waals surface area contributed by atoms with Crippen LogP contribution in [0.4, 0.5) is 11.8 Å². The fraction of sp³-hybridized carbons (Fsp3) is 0.615. The molecule has 0 unspecified atom stereocenters. The smallest absolute Gasteiger partial charge is 0.226 e. The molecule has 0 aliphatic carbocycles. The zero-order chi connectivity index (χ0) is 13.8. The van der Waals surface area contributed by atoms with E-state index in [-0.39, 0.29) is 0 Å². The Morgan fingerprint density at radius 1 is 1.25 bits per heavy atom. The summed E-state index contributed by atoms with van der Waals surface area (Å²) in [7, 11) is 1.81. The summed E-state index contributed by atoms with van der Waals surface area (Å²) in [5.41, 5.74) is 0.754. The highest BCUT2D eigenvalue weighted by Gasteiger charge is 2.11. The van der Waals surface area contributed by atoms with Gasteiger partial charge in [-0.2, -0.15) is 15.1 Å². The first-order chi connectivity index (χ1) is 9.86. The van der Waals surface area contributed by atoms with Crippen molar-refractivity contribution in [1.29, 1.82) is 0 Å². The monoisotopic (exact) mass is 275 g/mol. The van der Waals surface area contributed by atoms with E-state index in [0.29, 0.717) is 5.95 Å². The molecule has 3 rings (SSSR count). The van der Waals surface area contributed by atoms with Gasteiger partial charge in [-0.25, -0.2) is 0 Å². The molecule has 1 aliphatic heterocycles. The summed E-state index contributed by atoms with van der Waals surface area (Å²) >= 11 is 0. The lowest BCUT2D eigenvalue weighted by molar-refractivity contribution is 0.237. The first-order valence-corrected chi connectivity index (χ1v) is 7.22. The topological polar surface area (TPSA) is 81.8 Å². The molecule has 1 saturated heterocycles. The van der Waals surface area contributed by atoms with Crippen LogP contribution in [0.3, 0.4) is 0 Å². The molecule has 20 heavy (non-hydrogen) atoms. The minimum absolute atomic E-state index is 0.599. The van der Waals surface area contributed by atoms with E-state index in [9.17, 15) is 0 Å². The number of hydrogen-bond donors (Lipinski definition) is 3. The van der Waals surface area contributed by atoms with E-state index < -0.39 is 0 Å². The van der Waals surface area contributed by atoms with Crippen LogP contribution < -0.4 is 10.6 Å². The van der Waals surface area contributed by atoms with Gasteiger partial charge in [0.1, 0.15) is 5.82 Å². The Morgan fingerprint density at radius 2 is 2.10 bits per heavy atom. The maximum absolute atomic E-state index is 4.46. The van der Waals surface area contributed by atoms with Crippen molar-refractivity contribution in [3.05, 3.63) is 6.20 Å². The van der Waals surface area contributed by atoms with Gasteiger partial charge in [-0.3, -0.25) is 5.10 Å². The van der Waals surface area contributed by atoms with Gasteiger partial charge in [-0.15, -0.1) is 0 Å². The molecular weight excluding hydrogens is 254 g/mol. The molecule has 0 saturated carbocycles. The number of aromatic nitrogens is 4. The fourth-order valence-corrected chi connectivity index (χ4v) is 2.60. The molecule has 3 heterocycles. The van der Waals surface area contributed by atoms with Crippen LogP contribution in [0.1, 0.15) is 19.3 Å². The number of fused-ring (bicyclic) bond motifs is 1. The summed E-state index contributed by atoms with van der Waals surface area (Å²) in [5, 5.41) is 14.2. The quantitative estimate of drug-likeness (QED) is 0.763. The highest BCUT2D eigenvalue weighted by atomic mass is 15.2. The average molecular weight is 275 g/mol. The summed E-state index contributed by atoms with van der Waals surface area (Å²) in [6, 6.07) is 0. The largest absolute Gasteiger partial charge is 0.368 e. The number of nitrogens with zero attached hydrogens (tertiary/aromatic N) is 4. The highest BCUT2D eigenvalue weighted by Crippen LogP contribution is 2.19. The molecule has 7 nitrogen and oxygen atoms in total. The third-order valence-electron chi connectivity index (χ3n) is 3.70. The van der Waals surface area contributed by atoms with Gasteiger partial charge in [0, 0.05) is 20.1 Å². The molecule has 7 heteroatoms. The molecule has 0 spiro atoms. The Hall–Kier alpha value is -1.89. The zero-order valence-corrected chi connectivity index (χ0v) is 11.8. The number of aromatic amines is 1. The molecule has 1 fully saturated rings. The molecule has 0 bridgehead atoms. The minimum atomic E-state index is 0.599. The Labute approximate surface area is 118 Å². The number of nitrogens with one attached hydrogen (secondary N) is 3. The number of hydrogen-bond acceptors (Lipinski definition) is 6. The van der Waals surface area contributed by atoms with Gasteiger partial charge in [0.05, 0.1) is 11.6 Å². The van der Waals surface area contributed by atoms with Crippen molar-refractivity contribution >= 4 is 22.8 Å². The van der Waals surface area contributed by atoms with Crippen LogP contribution in [0.2, 0.25) is 0 Å². The number of rotatable bonds is 5. The van der Waals surface area contributed by atoms with Crippen LogP contribution in [-0.2, 0) is 0 Å². The summed E-state index contributed by atoms with van der Waals surface area (Å²) in [5.74, 6) is 1.44. The standard InChI is InChI=1S/C13H21N7/c1-14-13-17-11(10-9-16-19-12(10)18-13)15-5-8-20-6-3-2-4-7-20/h9H,2-8H2,1H3,(H3,14,15,16,17,18,19). The third-order valence-corrected chi connectivity index (χ3v) is 3.70. The number of likely N-dealkylation sites (tertiary alicyclic amines) is 1. The molecule has 0 atom stereocenters.